The van der Waals surface area contributed by atoms with Crippen molar-refractivity contribution in [3.05, 3.63) is 24.3 Å². The molecular weight excluding hydrogens is 285 g/mol. The normalized spacial score (nSPS) is 18.6. The Hall–Kier alpha value is -1.47. The minimum Gasteiger partial charge on any atom is -0.497 e. The zero-order valence-corrected chi connectivity index (χ0v) is 11.8. The molecule has 1 aliphatic heterocycles. The van der Waals surface area contributed by atoms with Crippen LogP contribution in [0.2, 0.25) is 0 Å². The Kier molecular flexibility index (Phi) is 4.95. The zero-order chi connectivity index (χ0) is 15.5. The van der Waals surface area contributed by atoms with Crippen molar-refractivity contribution in [1.29, 1.82) is 0 Å². The average molecular weight is 304 g/mol. The summed E-state index contributed by atoms with van der Waals surface area (Å²) in [5.41, 5.74) is 1.02. The molecule has 1 N–H and O–H groups in total. The van der Waals surface area contributed by atoms with Crippen LogP contribution in [-0.4, -0.2) is 62.1 Å². The minimum absolute atomic E-state index is 0.361. The van der Waals surface area contributed by atoms with Gasteiger partial charge in [0.25, 0.3) is 0 Å². The molecule has 118 valence electrons. The Balaban J connectivity index is 1.85. The summed E-state index contributed by atoms with van der Waals surface area (Å²) in [5.74, 6) is 0.769. The number of piperazine rings is 1. The van der Waals surface area contributed by atoms with Crippen LogP contribution < -0.4 is 9.64 Å². The van der Waals surface area contributed by atoms with E-state index in [2.05, 4.69) is 4.90 Å². The molecule has 1 saturated heterocycles. The highest BCUT2D eigenvalue weighted by Crippen LogP contribution is 2.23. The Labute approximate surface area is 121 Å². The molecule has 0 aromatic heterocycles. The van der Waals surface area contributed by atoms with E-state index < -0.39 is 12.3 Å². The SMILES string of the molecule is COc1ccc(N2CCN(CC(O)C(F)(F)F)CC2)cc1. The van der Waals surface area contributed by atoms with Crippen LogP contribution in [0.1, 0.15) is 0 Å². The van der Waals surface area contributed by atoms with E-state index >= 15 is 0 Å². The Morgan fingerprint density at radius 2 is 1.71 bits per heavy atom. The lowest BCUT2D eigenvalue weighted by atomic mass is 10.2. The number of nitrogens with zero attached hydrogens (tertiary/aromatic N) is 2. The first-order valence-corrected chi connectivity index (χ1v) is 6.76. The van der Waals surface area contributed by atoms with E-state index in [1.54, 1.807) is 12.0 Å². The van der Waals surface area contributed by atoms with Gasteiger partial charge in [0.1, 0.15) is 5.75 Å². The summed E-state index contributed by atoms with van der Waals surface area (Å²) in [6.07, 6.45) is -6.82. The van der Waals surface area contributed by atoms with Gasteiger partial charge in [-0.05, 0) is 24.3 Å². The molecular formula is C14H19F3N2O2. The van der Waals surface area contributed by atoms with Crippen LogP contribution in [0.3, 0.4) is 0 Å². The summed E-state index contributed by atoms with van der Waals surface area (Å²) in [7, 11) is 1.60. The fourth-order valence-corrected chi connectivity index (χ4v) is 2.33. The molecule has 1 heterocycles. The molecule has 1 aromatic rings. The maximum Gasteiger partial charge on any atom is 0.415 e. The molecule has 0 bridgehead atoms. The quantitative estimate of drug-likeness (QED) is 0.919. The standard InChI is InChI=1S/C14H19F3N2O2/c1-21-12-4-2-11(3-5-12)19-8-6-18(7-9-19)10-13(20)14(15,16)17/h2-5,13,20H,6-10H2,1H3. The van der Waals surface area contributed by atoms with Gasteiger partial charge in [-0.3, -0.25) is 4.90 Å². The third-order valence-electron chi connectivity index (χ3n) is 3.62. The number of hydrogen-bond donors (Lipinski definition) is 1. The third kappa shape index (κ3) is 4.25. The van der Waals surface area contributed by atoms with Gasteiger partial charge in [-0.25, -0.2) is 0 Å². The van der Waals surface area contributed by atoms with Crippen molar-refractivity contribution in [2.24, 2.45) is 0 Å². The number of aliphatic hydroxyl groups is 1. The zero-order valence-electron chi connectivity index (χ0n) is 11.8. The number of aliphatic hydroxyl groups excluding tert-OH is 1. The van der Waals surface area contributed by atoms with Crippen molar-refractivity contribution in [2.75, 3.05) is 44.7 Å². The number of ether oxygens (including phenoxy) is 1. The average Bonchev–Trinajstić information content (AvgIpc) is 2.47. The lowest BCUT2D eigenvalue weighted by molar-refractivity contribution is -0.208. The molecule has 0 aliphatic carbocycles. The van der Waals surface area contributed by atoms with Crippen LogP contribution in [0.25, 0.3) is 0 Å². The van der Waals surface area contributed by atoms with Crippen molar-refractivity contribution in [3.63, 3.8) is 0 Å². The molecule has 1 unspecified atom stereocenters. The van der Waals surface area contributed by atoms with Crippen molar-refractivity contribution >= 4 is 5.69 Å². The second-order valence-electron chi connectivity index (χ2n) is 5.04. The molecule has 7 heteroatoms. The Morgan fingerprint density at radius 3 is 2.19 bits per heavy atom. The van der Waals surface area contributed by atoms with E-state index in [0.29, 0.717) is 26.2 Å². The van der Waals surface area contributed by atoms with Gasteiger partial charge in [-0.1, -0.05) is 0 Å². The topological polar surface area (TPSA) is 35.9 Å². The van der Waals surface area contributed by atoms with E-state index in [9.17, 15) is 13.2 Å². The minimum atomic E-state index is -4.55. The maximum absolute atomic E-state index is 12.3. The number of alkyl halides is 3. The van der Waals surface area contributed by atoms with Crippen LogP contribution in [0.5, 0.6) is 5.75 Å². The van der Waals surface area contributed by atoms with Gasteiger partial charge in [0, 0.05) is 38.4 Å². The molecule has 21 heavy (non-hydrogen) atoms. The van der Waals surface area contributed by atoms with Gasteiger partial charge in [0.15, 0.2) is 6.10 Å². The number of halogens is 3. The molecule has 1 fully saturated rings. The Bertz CT molecular complexity index is 443. The number of anilines is 1. The first-order chi connectivity index (χ1) is 9.90. The van der Waals surface area contributed by atoms with E-state index in [-0.39, 0.29) is 6.54 Å². The molecule has 0 radical (unpaired) electrons. The fourth-order valence-electron chi connectivity index (χ4n) is 2.33. The number of rotatable bonds is 4. The smallest absolute Gasteiger partial charge is 0.415 e. The lowest BCUT2D eigenvalue weighted by Crippen LogP contribution is -2.50. The number of hydrogen-bond acceptors (Lipinski definition) is 4. The molecule has 1 aromatic carbocycles. The molecule has 1 aliphatic rings. The molecule has 4 nitrogen and oxygen atoms in total. The van der Waals surface area contributed by atoms with Crippen molar-refractivity contribution < 1.29 is 23.0 Å². The summed E-state index contributed by atoms with van der Waals surface area (Å²) in [5, 5.41) is 9.08. The number of methoxy groups -OCH3 is 1. The second-order valence-corrected chi connectivity index (χ2v) is 5.04. The Morgan fingerprint density at radius 1 is 1.14 bits per heavy atom. The third-order valence-corrected chi connectivity index (χ3v) is 3.62. The summed E-state index contributed by atoms with van der Waals surface area (Å²) in [4.78, 5) is 3.74. The monoisotopic (exact) mass is 304 g/mol. The largest absolute Gasteiger partial charge is 0.497 e. The highest BCUT2D eigenvalue weighted by Gasteiger charge is 2.39. The van der Waals surface area contributed by atoms with E-state index in [1.165, 1.54) is 0 Å². The van der Waals surface area contributed by atoms with Crippen molar-refractivity contribution in [2.45, 2.75) is 12.3 Å². The molecule has 0 amide bonds. The van der Waals surface area contributed by atoms with Crippen LogP contribution in [0, 0.1) is 0 Å². The first kappa shape index (κ1) is 15.9. The number of β-amino-alcohol motifs (C(OH)–C–C–N with tert-alkyl or cyclic N) is 1. The van der Waals surface area contributed by atoms with Crippen molar-refractivity contribution in [3.8, 4) is 5.75 Å². The summed E-state index contributed by atoms with van der Waals surface area (Å²) in [6.45, 7) is 1.91. The summed E-state index contributed by atoms with van der Waals surface area (Å²) >= 11 is 0. The second kappa shape index (κ2) is 6.53. The van der Waals surface area contributed by atoms with E-state index in [0.717, 1.165) is 11.4 Å². The fraction of sp³-hybridized carbons (Fsp3) is 0.571. The van der Waals surface area contributed by atoms with Gasteiger partial charge in [-0.15, -0.1) is 0 Å². The van der Waals surface area contributed by atoms with Gasteiger partial charge in [0.05, 0.1) is 7.11 Å². The van der Waals surface area contributed by atoms with Crippen molar-refractivity contribution in [1.82, 2.24) is 4.90 Å². The van der Waals surface area contributed by atoms with Crippen LogP contribution >= 0.6 is 0 Å². The van der Waals surface area contributed by atoms with E-state index in [1.807, 2.05) is 24.3 Å². The van der Waals surface area contributed by atoms with Crippen LogP contribution in [0.4, 0.5) is 18.9 Å². The van der Waals surface area contributed by atoms with Gasteiger partial charge in [0.2, 0.25) is 0 Å². The first-order valence-electron chi connectivity index (χ1n) is 6.76. The number of benzene rings is 1. The van der Waals surface area contributed by atoms with Gasteiger partial charge >= 0.3 is 6.18 Å². The highest BCUT2D eigenvalue weighted by molar-refractivity contribution is 5.49. The van der Waals surface area contributed by atoms with Gasteiger partial charge in [-0.2, -0.15) is 13.2 Å². The van der Waals surface area contributed by atoms with Crippen LogP contribution in [-0.2, 0) is 0 Å². The summed E-state index contributed by atoms with van der Waals surface area (Å²) in [6, 6.07) is 7.57. The van der Waals surface area contributed by atoms with E-state index in [4.69, 9.17) is 9.84 Å². The van der Waals surface area contributed by atoms with Crippen LogP contribution in [0.15, 0.2) is 24.3 Å². The van der Waals surface area contributed by atoms with Gasteiger partial charge < -0.3 is 14.7 Å². The molecule has 1 atom stereocenters. The lowest BCUT2D eigenvalue weighted by Gasteiger charge is -2.37. The highest BCUT2D eigenvalue weighted by atomic mass is 19.4. The summed E-state index contributed by atoms with van der Waals surface area (Å²) < 4.78 is 42.0. The molecule has 2 rings (SSSR count). The molecule has 0 saturated carbocycles. The predicted octanol–water partition coefficient (Wildman–Crippen LogP) is 1.74. The molecule has 0 spiro atoms. The maximum atomic E-state index is 12.3. The predicted molar refractivity (Wildman–Crippen MR) is 73.7 cm³/mol.